The minimum absolute atomic E-state index is 0.624. The molecule has 0 bridgehead atoms. The Balaban J connectivity index is 1.94. The number of ether oxygens (including phenoxy) is 1. The van der Waals surface area contributed by atoms with E-state index in [9.17, 15) is 0 Å². The van der Waals surface area contributed by atoms with Crippen LogP contribution in [0.5, 0.6) is 5.75 Å². The number of rotatable bonds is 3. The lowest BCUT2D eigenvalue weighted by Crippen LogP contribution is -1.99. The first-order valence-corrected chi connectivity index (χ1v) is 6.24. The van der Waals surface area contributed by atoms with E-state index >= 15 is 0 Å². The van der Waals surface area contributed by atoms with Gasteiger partial charge in [0, 0.05) is 6.20 Å². The van der Waals surface area contributed by atoms with Gasteiger partial charge in [-0.15, -0.1) is 0 Å². The zero-order chi connectivity index (χ0) is 13.2. The van der Waals surface area contributed by atoms with Gasteiger partial charge in [0.1, 0.15) is 11.3 Å². The van der Waals surface area contributed by atoms with E-state index in [2.05, 4.69) is 9.97 Å². The summed E-state index contributed by atoms with van der Waals surface area (Å²) in [6.45, 7) is 0.702. The molecule has 3 aromatic rings. The highest BCUT2D eigenvalue weighted by Gasteiger charge is 2.07. The first-order valence-electron chi connectivity index (χ1n) is 5.86. The summed E-state index contributed by atoms with van der Waals surface area (Å²) < 4.78 is 7.12. The molecule has 2 heterocycles. The van der Waals surface area contributed by atoms with Gasteiger partial charge in [0.15, 0.2) is 5.65 Å². The molecule has 19 heavy (non-hydrogen) atoms. The average molecular weight is 274 g/mol. The second-order valence-corrected chi connectivity index (χ2v) is 4.59. The second-order valence-electron chi connectivity index (χ2n) is 4.19. The van der Waals surface area contributed by atoms with Crippen LogP contribution in [0, 0.1) is 0 Å². The van der Waals surface area contributed by atoms with E-state index in [0.717, 1.165) is 22.5 Å². The predicted molar refractivity (Wildman–Crippen MR) is 74.6 cm³/mol. The van der Waals surface area contributed by atoms with E-state index in [0.29, 0.717) is 11.6 Å². The van der Waals surface area contributed by atoms with E-state index in [1.165, 1.54) is 0 Å². The van der Waals surface area contributed by atoms with Gasteiger partial charge in [-0.3, -0.25) is 0 Å². The van der Waals surface area contributed by atoms with Crippen molar-refractivity contribution in [1.29, 1.82) is 0 Å². The standard InChI is InChI=1S/C14H12ClN3O/c1-19-11-4-2-10(3-5-11)8-18-9-17-13-12(15)6-7-16-14(13)18/h2-7,9H,8H2,1H3. The van der Waals surface area contributed by atoms with Crippen molar-refractivity contribution in [2.45, 2.75) is 6.54 Å². The molecule has 0 fully saturated rings. The number of fused-ring (bicyclic) bond motifs is 1. The molecular weight excluding hydrogens is 262 g/mol. The Kier molecular flexibility index (Phi) is 3.09. The zero-order valence-electron chi connectivity index (χ0n) is 10.4. The van der Waals surface area contributed by atoms with Gasteiger partial charge in [0.25, 0.3) is 0 Å². The van der Waals surface area contributed by atoms with Crippen LogP contribution >= 0.6 is 11.6 Å². The van der Waals surface area contributed by atoms with Crippen LogP contribution < -0.4 is 4.74 Å². The molecule has 0 N–H and O–H groups in total. The van der Waals surface area contributed by atoms with Crippen LogP contribution in [0.25, 0.3) is 11.2 Å². The van der Waals surface area contributed by atoms with Crippen LogP contribution in [0.15, 0.2) is 42.9 Å². The van der Waals surface area contributed by atoms with Crippen LogP contribution in [0.3, 0.4) is 0 Å². The summed E-state index contributed by atoms with van der Waals surface area (Å²) in [5, 5.41) is 0.624. The molecule has 0 saturated carbocycles. The number of aromatic nitrogens is 3. The highest BCUT2D eigenvalue weighted by Crippen LogP contribution is 2.20. The first-order chi connectivity index (χ1) is 9.28. The fourth-order valence-corrected chi connectivity index (χ4v) is 2.16. The lowest BCUT2D eigenvalue weighted by atomic mass is 10.2. The summed E-state index contributed by atoms with van der Waals surface area (Å²) in [4.78, 5) is 8.62. The molecule has 96 valence electrons. The van der Waals surface area contributed by atoms with Crippen LogP contribution in [0.1, 0.15) is 5.56 Å². The van der Waals surface area contributed by atoms with Crippen molar-refractivity contribution in [2.24, 2.45) is 0 Å². The van der Waals surface area contributed by atoms with E-state index in [1.54, 1.807) is 25.7 Å². The van der Waals surface area contributed by atoms with Crippen molar-refractivity contribution in [1.82, 2.24) is 14.5 Å². The predicted octanol–water partition coefficient (Wildman–Crippen LogP) is 3.14. The molecule has 0 saturated heterocycles. The molecule has 0 atom stereocenters. The molecule has 1 aromatic carbocycles. The minimum Gasteiger partial charge on any atom is -0.497 e. The van der Waals surface area contributed by atoms with Gasteiger partial charge < -0.3 is 9.30 Å². The van der Waals surface area contributed by atoms with Gasteiger partial charge in [-0.25, -0.2) is 9.97 Å². The highest BCUT2D eigenvalue weighted by molar-refractivity contribution is 6.34. The molecule has 0 spiro atoms. The van der Waals surface area contributed by atoms with Gasteiger partial charge >= 0.3 is 0 Å². The van der Waals surface area contributed by atoms with Crippen molar-refractivity contribution < 1.29 is 4.74 Å². The summed E-state index contributed by atoms with van der Waals surface area (Å²) in [5.74, 6) is 0.848. The van der Waals surface area contributed by atoms with Crippen LogP contribution in [-0.4, -0.2) is 21.6 Å². The maximum atomic E-state index is 6.08. The number of benzene rings is 1. The van der Waals surface area contributed by atoms with Gasteiger partial charge in [0.05, 0.1) is 25.0 Å². The van der Waals surface area contributed by atoms with Crippen molar-refractivity contribution in [2.75, 3.05) is 7.11 Å². The Morgan fingerprint density at radius 1 is 1.16 bits per heavy atom. The van der Waals surface area contributed by atoms with Crippen LogP contribution in [0.2, 0.25) is 5.02 Å². The highest BCUT2D eigenvalue weighted by atomic mass is 35.5. The molecule has 4 nitrogen and oxygen atoms in total. The molecule has 0 unspecified atom stereocenters. The summed E-state index contributed by atoms with van der Waals surface area (Å²) >= 11 is 6.08. The zero-order valence-corrected chi connectivity index (χ0v) is 11.1. The Morgan fingerprint density at radius 3 is 2.68 bits per heavy atom. The topological polar surface area (TPSA) is 39.9 Å². The number of nitrogens with zero attached hydrogens (tertiary/aromatic N) is 3. The second kappa shape index (κ2) is 4.90. The Morgan fingerprint density at radius 2 is 1.95 bits per heavy atom. The molecule has 3 rings (SSSR count). The third-order valence-electron chi connectivity index (χ3n) is 2.97. The van der Waals surface area contributed by atoms with Crippen LogP contribution in [-0.2, 0) is 6.54 Å². The Bertz CT molecular complexity index is 706. The van der Waals surface area contributed by atoms with Gasteiger partial charge in [-0.1, -0.05) is 23.7 Å². The summed E-state index contributed by atoms with van der Waals surface area (Å²) in [5.41, 5.74) is 2.68. The van der Waals surface area contributed by atoms with Crippen molar-refractivity contribution in [3.8, 4) is 5.75 Å². The lowest BCUT2D eigenvalue weighted by molar-refractivity contribution is 0.414. The Labute approximate surface area is 115 Å². The molecule has 0 amide bonds. The van der Waals surface area contributed by atoms with Gasteiger partial charge in [-0.2, -0.15) is 0 Å². The van der Waals surface area contributed by atoms with Crippen LogP contribution in [0.4, 0.5) is 0 Å². The summed E-state index contributed by atoms with van der Waals surface area (Å²) in [6.07, 6.45) is 3.45. The minimum atomic E-state index is 0.624. The summed E-state index contributed by atoms with van der Waals surface area (Å²) in [7, 11) is 1.66. The average Bonchev–Trinajstić information content (AvgIpc) is 2.84. The molecule has 5 heteroatoms. The fourth-order valence-electron chi connectivity index (χ4n) is 1.98. The van der Waals surface area contributed by atoms with E-state index in [1.807, 2.05) is 28.8 Å². The molecule has 0 radical (unpaired) electrons. The van der Waals surface area contributed by atoms with Crippen molar-refractivity contribution in [3.63, 3.8) is 0 Å². The fraction of sp³-hybridized carbons (Fsp3) is 0.143. The van der Waals surface area contributed by atoms with Crippen molar-refractivity contribution in [3.05, 3.63) is 53.4 Å². The quantitative estimate of drug-likeness (QED) is 0.736. The number of pyridine rings is 1. The monoisotopic (exact) mass is 273 g/mol. The Hall–Kier alpha value is -2.07. The number of halogens is 1. The smallest absolute Gasteiger partial charge is 0.161 e. The number of methoxy groups -OCH3 is 1. The lowest BCUT2D eigenvalue weighted by Gasteiger charge is -2.05. The molecule has 0 aliphatic heterocycles. The van der Waals surface area contributed by atoms with E-state index in [-0.39, 0.29) is 0 Å². The number of hydrogen-bond acceptors (Lipinski definition) is 3. The molecular formula is C14H12ClN3O. The third kappa shape index (κ3) is 2.27. The molecule has 0 aliphatic rings. The van der Waals surface area contributed by atoms with E-state index in [4.69, 9.17) is 16.3 Å². The SMILES string of the molecule is COc1ccc(Cn2cnc3c(Cl)ccnc32)cc1. The van der Waals surface area contributed by atoms with Gasteiger partial charge in [-0.05, 0) is 23.8 Å². The molecule has 0 aliphatic carbocycles. The van der Waals surface area contributed by atoms with E-state index < -0.39 is 0 Å². The largest absolute Gasteiger partial charge is 0.497 e. The third-order valence-corrected chi connectivity index (χ3v) is 3.27. The first kappa shape index (κ1) is 12.0. The number of imidazole rings is 1. The maximum absolute atomic E-state index is 6.08. The van der Waals surface area contributed by atoms with Gasteiger partial charge in [0.2, 0.25) is 0 Å². The molecule has 2 aromatic heterocycles. The van der Waals surface area contributed by atoms with Crippen molar-refractivity contribution >= 4 is 22.8 Å². The summed E-state index contributed by atoms with van der Waals surface area (Å²) in [6, 6.07) is 9.67. The maximum Gasteiger partial charge on any atom is 0.161 e. The number of hydrogen-bond donors (Lipinski definition) is 0. The normalized spacial score (nSPS) is 10.8.